The smallest absolute Gasteiger partial charge is 0.248 e. The van der Waals surface area contributed by atoms with E-state index in [2.05, 4.69) is 53.5 Å². The first-order chi connectivity index (χ1) is 22.9. The van der Waals surface area contributed by atoms with Gasteiger partial charge in [0.2, 0.25) is 11.8 Å². The summed E-state index contributed by atoms with van der Waals surface area (Å²) in [5.74, 6) is 0.191. The standard InChI is InChI=1S/C40H45N3O4/c1-4-30-15-17-32(18-16-30)28-41-39(44)37(26-34-23-35(46-2)27-36(24-34)47-3)38(25-31-11-7-5-8-12-31)40(45)43-21-19-42(20-22-43)29-33-13-9-6-10-14-33/h5-18,23-24,26-27,38H,4,19-22,25,28-29H2,1-3H3,(H,41,44)/t38-/m0/s1. The van der Waals surface area contributed by atoms with Crippen LogP contribution in [-0.2, 0) is 35.5 Å². The Morgan fingerprint density at radius 1 is 0.745 bits per heavy atom. The van der Waals surface area contributed by atoms with E-state index in [1.807, 2.05) is 71.6 Å². The van der Waals surface area contributed by atoms with E-state index in [-0.39, 0.29) is 11.8 Å². The van der Waals surface area contributed by atoms with Crippen molar-refractivity contribution in [2.75, 3.05) is 40.4 Å². The lowest BCUT2D eigenvalue weighted by molar-refractivity contribution is -0.137. The summed E-state index contributed by atoms with van der Waals surface area (Å²) < 4.78 is 11.1. The van der Waals surface area contributed by atoms with Gasteiger partial charge in [0.05, 0.1) is 20.1 Å². The van der Waals surface area contributed by atoms with Gasteiger partial charge >= 0.3 is 0 Å². The molecule has 5 rings (SSSR count). The summed E-state index contributed by atoms with van der Waals surface area (Å²) in [5, 5.41) is 3.12. The Morgan fingerprint density at radius 3 is 1.89 bits per heavy atom. The fraction of sp³-hybridized carbons (Fsp3) is 0.300. The molecule has 0 radical (unpaired) electrons. The van der Waals surface area contributed by atoms with Crippen molar-refractivity contribution in [2.45, 2.75) is 32.9 Å². The number of nitrogens with one attached hydrogen (secondary N) is 1. The maximum atomic E-state index is 14.5. The highest BCUT2D eigenvalue weighted by Gasteiger charge is 2.33. The number of hydrogen-bond donors (Lipinski definition) is 1. The first-order valence-corrected chi connectivity index (χ1v) is 16.4. The molecular weight excluding hydrogens is 586 g/mol. The van der Waals surface area contributed by atoms with Crippen molar-refractivity contribution in [3.8, 4) is 11.5 Å². The molecule has 7 nitrogen and oxygen atoms in total. The van der Waals surface area contributed by atoms with Crippen LogP contribution in [0.5, 0.6) is 11.5 Å². The third kappa shape index (κ3) is 9.33. The summed E-state index contributed by atoms with van der Waals surface area (Å²) >= 11 is 0. The lowest BCUT2D eigenvalue weighted by Crippen LogP contribution is -2.51. The van der Waals surface area contributed by atoms with Crippen LogP contribution in [-0.4, -0.2) is 62.0 Å². The van der Waals surface area contributed by atoms with E-state index in [1.165, 1.54) is 11.1 Å². The van der Waals surface area contributed by atoms with Crippen LogP contribution in [0.1, 0.15) is 34.7 Å². The fourth-order valence-corrected chi connectivity index (χ4v) is 5.96. The average Bonchev–Trinajstić information content (AvgIpc) is 3.13. The number of ether oxygens (including phenoxy) is 2. The van der Waals surface area contributed by atoms with Gasteiger partial charge in [-0.1, -0.05) is 91.9 Å². The number of aryl methyl sites for hydroxylation is 1. The Morgan fingerprint density at radius 2 is 1.32 bits per heavy atom. The zero-order chi connectivity index (χ0) is 33.0. The monoisotopic (exact) mass is 631 g/mol. The molecule has 7 heteroatoms. The normalized spacial score (nSPS) is 14.4. The van der Waals surface area contributed by atoms with Crippen LogP contribution in [0, 0.1) is 5.92 Å². The molecule has 4 aromatic carbocycles. The predicted octanol–water partition coefficient (Wildman–Crippen LogP) is 6.17. The van der Waals surface area contributed by atoms with Gasteiger partial charge in [-0.2, -0.15) is 0 Å². The van der Waals surface area contributed by atoms with E-state index in [4.69, 9.17) is 9.47 Å². The van der Waals surface area contributed by atoms with Gasteiger partial charge in [-0.15, -0.1) is 0 Å². The highest BCUT2D eigenvalue weighted by atomic mass is 16.5. The van der Waals surface area contributed by atoms with Gasteiger partial charge in [-0.3, -0.25) is 14.5 Å². The fourth-order valence-electron chi connectivity index (χ4n) is 5.96. The SMILES string of the molecule is CCc1ccc(CNC(=O)C(=Cc2cc(OC)cc(OC)c2)[C@H](Cc2ccccc2)C(=O)N2CCN(Cc3ccccc3)CC2)cc1. The molecule has 1 aliphatic heterocycles. The Hall–Kier alpha value is -4.88. The molecule has 0 saturated carbocycles. The number of benzene rings is 4. The molecule has 2 amide bonds. The maximum absolute atomic E-state index is 14.5. The van der Waals surface area contributed by atoms with Gasteiger partial charge in [-0.05, 0) is 58.9 Å². The van der Waals surface area contributed by atoms with Crippen LogP contribution >= 0.6 is 0 Å². The second kappa shape index (κ2) is 16.6. The van der Waals surface area contributed by atoms with Crippen LogP contribution < -0.4 is 14.8 Å². The van der Waals surface area contributed by atoms with E-state index in [0.717, 1.165) is 42.7 Å². The van der Waals surface area contributed by atoms with E-state index in [9.17, 15) is 9.59 Å². The van der Waals surface area contributed by atoms with Crippen molar-refractivity contribution >= 4 is 17.9 Å². The topological polar surface area (TPSA) is 71.1 Å². The van der Waals surface area contributed by atoms with E-state index < -0.39 is 5.92 Å². The Kier molecular flexibility index (Phi) is 11.8. The molecule has 0 bridgehead atoms. The Labute approximate surface area is 278 Å². The predicted molar refractivity (Wildman–Crippen MR) is 187 cm³/mol. The third-order valence-electron chi connectivity index (χ3n) is 8.73. The Bertz CT molecular complexity index is 1610. The molecule has 0 aliphatic carbocycles. The molecule has 4 aromatic rings. The van der Waals surface area contributed by atoms with Crippen molar-refractivity contribution < 1.29 is 19.1 Å². The molecule has 1 fully saturated rings. The number of carbonyl (C=O) groups excluding carboxylic acids is 2. The molecule has 0 spiro atoms. The van der Waals surface area contributed by atoms with Gasteiger partial charge in [0.1, 0.15) is 11.5 Å². The summed E-state index contributed by atoms with van der Waals surface area (Å²) in [5.41, 5.74) is 5.62. The number of rotatable bonds is 13. The molecule has 1 aliphatic rings. The largest absolute Gasteiger partial charge is 0.497 e. The molecule has 1 saturated heterocycles. The number of carbonyl (C=O) groups is 2. The van der Waals surface area contributed by atoms with Crippen molar-refractivity contribution in [3.05, 3.63) is 137 Å². The van der Waals surface area contributed by atoms with Crippen molar-refractivity contribution in [2.24, 2.45) is 5.92 Å². The van der Waals surface area contributed by atoms with Crippen LogP contribution in [0.25, 0.3) is 6.08 Å². The van der Waals surface area contributed by atoms with Gasteiger partial charge in [0, 0.05) is 50.9 Å². The quantitative estimate of drug-likeness (QED) is 0.179. The highest BCUT2D eigenvalue weighted by Crippen LogP contribution is 2.28. The molecule has 47 heavy (non-hydrogen) atoms. The van der Waals surface area contributed by atoms with Crippen LogP contribution in [0.4, 0.5) is 0 Å². The van der Waals surface area contributed by atoms with Crippen LogP contribution in [0.3, 0.4) is 0 Å². The van der Waals surface area contributed by atoms with E-state index >= 15 is 0 Å². The van der Waals surface area contributed by atoms with Gasteiger partial charge in [-0.25, -0.2) is 0 Å². The molecule has 1 heterocycles. The van der Waals surface area contributed by atoms with Crippen LogP contribution in [0.2, 0.25) is 0 Å². The van der Waals surface area contributed by atoms with Gasteiger partial charge in [0.25, 0.3) is 0 Å². The molecule has 1 N–H and O–H groups in total. The second-order valence-electron chi connectivity index (χ2n) is 11.9. The molecule has 0 aromatic heterocycles. The molecular formula is C40H45N3O4. The summed E-state index contributed by atoms with van der Waals surface area (Å²) in [6, 6.07) is 34.1. The van der Waals surface area contributed by atoms with E-state index in [0.29, 0.717) is 43.1 Å². The van der Waals surface area contributed by atoms with Gasteiger partial charge < -0.3 is 19.7 Å². The number of nitrogens with zero attached hydrogens (tertiary/aromatic N) is 2. The highest BCUT2D eigenvalue weighted by molar-refractivity contribution is 6.04. The zero-order valence-corrected chi connectivity index (χ0v) is 27.7. The maximum Gasteiger partial charge on any atom is 0.248 e. The number of methoxy groups -OCH3 is 2. The van der Waals surface area contributed by atoms with Crippen LogP contribution in [0.15, 0.2) is 109 Å². The van der Waals surface area contributed by atoms with E-state index in [1.54, 1.807) is 20.3 Å². The summed E-state index contributed by atoms with van der Waals surface area (Å²) in [6.45, 7) is 6.06. The number of piperazine rings is 1. The van der Waals surface area contributed by atoms with Crippen molar-refractivity contribution in [1.29, 1.82) is 0 Å². The minimum Gasteiger partial charge on any atom is -0.497 e. The average molecular weight is 632 g/mol. The van der Waals surface area contributed by atoms with Crippen molar-refractivity contribution in [3.63, 3.8) is 0 Å². The summed E-state index contributed by atoms with van der Waals surface area (Å²) in [4.78, 5) is 33.0. The first-order valence-electron chi connectivity index (χ1n) is 16.4. The van der Waals surface area contributed by atoms with Gasteiger partial charge in [0.15, 0.2) is 0 Å². The molecule has 1 atom stereocenters. The zero-order valence-electron chi connectivity index (χ0n) is 27.7. The summed E-state index contributed by atoms with van der Waals surface area (Å²) in [6.07, 6.45) is 3.17. The molecule has 244 valence electrons. The lowest BCUT2D eigenvalue weighted by atomic mass is 9.88. The van der Waals surface area contributed by atoms with Crippen molar-refractivity contribution in [1.82, 2.24) is 15.1 Å². The summed E-state index contributed by atoms with van der Waals surface area (Å²) in [7, 11) is 3.19. The third-order valence-corrected chi connectivity index (χ3v) is 8.73. The lowest BCUT2D eigenvalue weighted by Gasteiger charge is -2.37. The first kappa shape index (κ1) is 33.5. The molecule has 0 unspecified atom stereocenters. The second-order valence-corrected chi connectivity index (χ2v) is 11.9. The number of hydrogen-bond acceptors (Lipinski definition) is 5. The minimum atomic E-state index is -0.697. The number of amides is 2. The minimum absolute atomic E-state index is 0.0447. The Balaban J connectivity index is 1.45.